The van der Waals surface area contributed by atoms with Gasteiger partial charge in [0.25, 0.3) is 0 Å². The zero-order valence-electron chi connectivity index (χ0n) is 9.21. The Hall–Kier alpha value is -0.860. The Balaban J connectivity index is 2.21. The Labute approximate surface area is 110 Å². The van der Waals surface area contributed by atoms with Crippen molar-refractivity contribution in [3.8, 4) is 0 Å². The van der Waals surface area contributed by atoms with E-state index in [-0.39, 0.29) is 17.5 Å². The largest absolute Gasteiger partial charge is 0.300 e. The number of halogens is 2. The number of hydrogen-bond acceptors (Lipinski definition) is 2. The van der Waals surface area contributed by atoms with Crippen LogP contribution in [0.1, 0.15) is 36.0 Å². The second kappa shape index (κ2) is 5.19. The average molecular weight is 271 g/mol. The Morgan fingerprint density at radius 1 is 1.29 bits per heavy atom. The van der Waals surface area contributed by atoms with Crippen LogP contribution < -0.4 is 0 Å². The first kappa shape index (κ1) is 12.6. The first-order valence-electron chi connectivity index (χ1n) is 5.59. The highest BCUT2D eigenvalue weighted by atomic mass is 35.5. The van der Waals surface area contributed by atoms with Crippen LogP contribution in [0.5, 0.6) is 0 Å². The molecule has 0 bridgehead atoms. The molecule has 1 aliphatic rings. The minimum atomic E-state index is -0.213. The molecule has 0 N–H and O–H groups in total. The molecular formula is C13H12Cl2O2. The lowest BCUT2D eigenvalue weighted by Gasteiger charge is -2.19. The zero-order valence-corrected chi connectivity index (χ0v) is 10.7. The predicted molar refractivity (Wildman–Crippen MR) is 67.8 cm³/mol. The van der Waals surface area contributed by atoms with E-state index in [0.29, 0.717) is 28.5 Å². The van der Waals surface area contributed by atoms with Crippen molar-refractivity contribution in [1.82, 2.24) is 0 Å². The summed E-state index contributed by atoms with van der Waals surface area (Å²) in [6.07, 6.45) is 2.50. The van der Waals surface area contributed by atoms with Crippen LogP contribution in [-0.2, 0) is 4.79 Å². The molecule has 0 spiro atoms. The lowest BCUT2D eigenvalue weighted by Crippen LogP contribution is -2.23. The summed E-state index contributed by atoms with van der Waals surface area (Å²) in [4.78, 5) is 23.5. The third-order valence-corrected chi connectivity index (χ3v) is 3.60. The fourth-order valence-corrected chi connectivity index (χ4v) is 2.66. The van der Waals surface area contributed by atoms with Gasteiger partial charge in [0.15, 0.2) is 5.78 Å². The molecule has 1 aliphatic carbocycles. The highest BCUT2D eigenvalue weighted by molar-refractivity contribution is 6.36. The molecule has 17 heavy (non-hydrogen) atoms. The third-order valence-electron chi connectivity index (χ3n) is 3.05. The quantitative estimate of drug-likeness (QED) is 0.763. The Morgan fingerprint density at radius 3 is 2.71 bits per heavy atom. The summed E-state index contributed by atoms with van der Waals surface area (Å²) in [5.41, 5.74) is 0.468. The van der Waals surface area contributed by atoms with Gasteiger partial charge in [-0.3, -0.25) is 9.59 Å². The number of Topliss-reactive ketones (excluding diaryl/α,β-unsaturated/α-hetero) is 2. The minimum Gasteiger partial charge on any atom is -0.300 e. The number of hydrogen-bond donors (Lipinski definition) is 0. The van der Waals surface area contributed by atoms with Crippen molar-refractivity contribution in [2.24, 2.45) is 5.92 Å². The van der Waals surface area contributed by atoms with Gasteiger partial charge in [-0.05, 0) is 31.0 Å². The molecule has 1 atom stereocenters. The molecule has 0 heterocycles. The zero-order chi connectivity index (χ0) is 12.4. The summed E-state index contributed by atoms with van der Waals surface area (Å²) < 4.78 is 0. The van der Waals surface area contributed by atoms with Gasteiger partial charge in [0.2, 0.25) is 0 Å². The van der Waals surface area contributed by atoms with E-state index in [1.54, 1.807) is 18.2 Å². The molecule has 0 radical (unpaired) electrons. The molecular weight excluding hydrogens is 259 g/mol. The molecule has 4 heteroatoms. The van der Waals surface area contributed by atoms with Crippen LogP contribution in [0.4, 0.5) is 0 Å². The topological polar surface area (TPSA) is 34.1 Å². The number of carbonyl (C=O) groups excluding carboxylic acids is 2. The number of rotatable bonds is 2. The fraction of sp³-hybridized carbons (Fsp3) is 0.385. The van der Waals surface area contributed by atoms with E-state index in [9.17, 15) is 9.59 Å². The highest BCUT2D eigenvalue weighted by Gasteiger charge is 2.27. The molecule has 2 rings (SSSR count). The summed E-state index contributed by atoms with van der Waals surface area (Å²) in [6.45, 7) is 0. The van der Waals surface area contributed by atoms with Gasteiger partial charge in [0.1, 0.15) is 5.78 Å². The van der Waals surface area contributed by atoms with Crippen LogP contribution in [0.2, 0.25) is 10.0 Å². The van der Waals surface area contributed by atoms with Crippen molar-refractivity contribution < 1.29 is 9.59 Å². The van der Waals surface area contributed by atoms with Gasteiger partial charge in [-0.25, -0.2) is 0 Å². The van der Waals surface area contributed by atoms with Gasteiger partial charge in [-0.1, -0.05) is 23.2 Å². The average Bonchev–Trinajstić information content (AvgIpc) is 2.28. The van der Waals surface area contributed by atoms with Gasteiger partial charge in [0.05, 0.1) is 5.02 Å². The highest BCUT2D eigenvalue weighted by Crippen LogP contribution is 2.29. The van der Waals surface area contributed by atoms with Gasteiger partial charge < -0.3 is 0 Å². The summed E-state index contributed by atoms with van der Waals surface area (Å²) in [5.74, 6) is -0.0886. The van der Waals surface area contributed by atoms with Gasteiger partial charge in [-0.2, -0.15) is 0 Å². The van der Waals surface area contributed by atoms with E-state index in [2.05, 4.69) is 0 Å². The molecule has 1 fully saturated rings. The molecule has 0 aliphatic heterocycles. The Kier molecular flexibility index (Phi) is 3.85. The predicted octanol–water partition coefficient (Wildman–Crippen LogP) is 3.94. The van der Waals surface area contributed by atoms with Gasteiger partial charge in [-0.15, -0.1) is 0 Å². The van der Waals surface area contributed by atoms with Crippen molar-refractivity contribution in [1.29, 1.82) is 0 Å². The summed E-state index contributed by atoms with van der Waals surface area (Å²) >= 11 is 11.8. The minimum absolute atomic E-state index is 0.0419. The maximum absolute atomic E-state index is 12.2. The van der Waals surface area contributed by atoms with Crippen LogP contribution in [0, 0.1) is 5.92 Å². The van der Waals surface area contributed by atoms with Gasteiger partial charge in [0, 0.05) is 29.3 Å². The van der Waals surface area contributed by atoms with Crippen LogP contribution >= 0.6 is 23.2 Å². The van der Waals surface area contributed by atoms with Crippen LogP contribution in [0.25, 0.3) is 0 Å². The molecule has 0 aromatic heterocycles. The van der Waals surface area contributed by atoms with E-state index in [1.807, 2.05) is 0 Å². The lowest BCUT2D eigenvalue weighted by atomic mass is 9.83. The second-order valence-electron chi connectivity index (χ2n) is 4.32. The second-order valence-corrected chi connectivity index (χ2v) is 5.16. The van der Waals surface area contributed by atoms with Crippen LogP contribution in [-0.4, -0.2) is 11.6 Å². The Morgan fingerprint density at radius 2 is 2.06 bits per heavy atom. The van der Waals surface area contributed by atoms with Crippen molar-refractivity contribution in [3.05, 3.63) is 33.8 Å². The third kappa shape index (κ3) is 2.88. The maximum atomic E-state index is 12.2. The van der Waals surface area contributed by atoms with E-state index < -0.39 is 0 Å². The number of carbonyl (C=O) groups is 2. The van der Waals surface area contributed by atoms with Crippen molar-refractivity contribution in [2.45, 2.75) is 25.7 Å². The van der Waals surface area contributed by atoms with E-state index in [0.717, 1.165) is 12.8 Å². The van der Waals surface area contributed by atoms with Crippen LogP contribution in [0.15, 0.2) is 18.2 Å². The summed E-state index contributed by atoms with van der Waals surface area (Å²) in [5, 5.41) is 0.867. The smallest absolute Gasteiger partial charge is 0.167 e. The molecule has 1 aromatic rings. The lowest BCUT2D eigenvalue weighted by molar-refractivity contribution is -0.121. The first-order chi connectivity index (χ1) is 8.08. The van der Waals surface area contributed by atoms with E-state index in [4.69, 9.17) is 23.2 Å². The molecule has 1 aromatic carbocycles. The summed E-state index contributed by atoms with van der Waals surface area (Å²) in [7, 11) is 0. The van der Waals surface area contributed by atoms with Crippen molar-refractivity contribution in [3.63, 3.8) is 0 Å². The maximum Gasteiger partial charge on any atom is 0.167 e. The monoisotopic (exact) mass is 270 g/mol. The first-order valence-corrected chi connectivity index (χ1v) is 6.34. The van der Waals surface area contributed by atoms with Crippen molar-refractivity contribution >= 4 is 34.8 Å². The number of ketones is 2. The fourth-order valence-electron chi connectivity index (χ4n) is 2.16. The molecule has 2 nitrogen and oxygen atoms in total. The molecule has 1 unspecified atom stereocenters. The molecule has 1 saturated carbocycles. The SMILES string of the molecule is O=C1CCCC(C(=O)c2ccc(Cl)cc2Cl)C1. The Bertz CT molecular complexity index is 468. The van der Waals surface area contributed by atoms with Crippen LogP contribution in [0.3, 0.4) is 0 Å². The molecule has 0 saturated heterocycles. The van der Waals surface area contributed by atoms with E-state index >= 15 is 0 Å². The molecule has 0 amide bonds. The normalized spacial score (nSPS) is 20.4. The van der Waals surface area contributed by atoms with Crippen molar-refractivity contribution in [2.75, 3.05) is 0 Å². The van der Waals surface area contributed by atoms with Gasteiger partial charge >= 0.3 is 0 Å². The molecule has 90 valence electrons. The standard InChI is InChI=1S/C13H12Cl2O2/c14-9-4-5-11(12(15)7-9)13(17)8-2-1-3-10(16)6-8/h4-5,7-8H,1-3,6H2. The summed E-state index contributed by atoms with van der Waals surface area (Å²) in [6, 6.07) is 4.83. The number of benzene rings is 1. The van der Waals surface area contributed by atoms with E-state index in [1.165, 1.54) is 0 Å².